The van der Waals surface area contributed by atoms with Gasteiger partial charge in [-0.05, 0) is 23.8 Å². The minimum Gasteiger partial charge on any atom is -0.396 e. The van der Waals surface area contributed by atoms with Crippen LogP contribution >= 0.6 is 0 Å². The first-order chi connectivity index (χ1) is 6.79. The van der Waals surface area contributed by atoms with Crippen molar-refractivity contribution < 1.29 is 10.2 Å². The van der Waals surface area contributed by atoms with Gasteiger partial charge in [0.05, 0.1) is 0 Å². The third-order valence-electron chi connectivity index (χ3n) is 2.77. The van der Waals surface area contributed by atoms with Gasteiger partial charge in [0.15, 0.2) is 0 Å². The standard InChI is InChI=1S/C12H18O2/c1-10(12(9-14)7-8-13)11-5-3-2-4-6-11/h2-6,10,12-14H,7-9H2,1H3. The van der Waals surface area contributed by atoms with Gasteiger partial charge >= 0.3 is 0 Å². The van der Waals surface area contributed by atoms with E-state index in [4.69, 9.17) is 5.11 Å². The highest BCUT2D eigenvalue weighted by Gasteiger charge is 2.17. The molecule has 1 rings (SSSR count). The molecule has 0 aliphatic carbocycles. The summed E-state index contributed by atoms with van der Waals surface area (Å²) in [5, 5.41) is 18.0. The third kappa shape index (κ3) is 2.82. The first kappa shape index (κ1) is 11.2. The van der Waals surface area contributed by atoms with E-state index in [2.05, 4.69) is 19.1 Å². The summed E-state index contributed by atoms with van der Waals surface area (Å²) in [6.07, 6.45) is 0.659. The summed E-state index contributed by atoms with van der Waals surface area (Å²) in [5.41, 5.74) is 1.22. The van der Waals surface area contributed by atoms with Crippen molar-refractivity contribution >= 4 is 0 Å². The first-order valence-corrected chi connectivity index (χ1v) is 5.06. The molecule has 2 atom stereocenters. The fourth-order valence-corrected chi connectivity index (χ4v) is 1.69. The van der Waals surface area contributed by atoms with Crippen molar-refractivity contribution in [3.05, 3.63) is 35.9 Å². The Morgan fingerprint density at radius 2 is 1.79 bits per heavy atom. The average Bonchev–Trinajstić information content (AvgIpc) is 2.26. The molecule has 0 amide bonds. The van der Waals surface area contributed by atoms with Crippen LogP contribution in [0.15, 0.2) is 30.3 Å². The van der Waals surface area contributed by atoms with Crippen molar-refractivity contribution in [3.8, 4) is 0 Å². The van der Waals surface area contributed by atoms with E-state index >= 15 is 0 Å². The lowest BCUT2D eigenvalue weighted by molar-refractivity contribution is 0.168. The molecule has 2 unspecified atom stereocenters. The van der Waals surface area contributed by atoms with Crippen molar-refractivity contribution in [2.45, 2.75) is 19.3 Å². The fraction of sp³-hybridized carbons (Fsp3) is 0.500. The van der Waals surface area contributed by atoms with Crippen LogP contribution in [0.25, 0.3) is 0 Å². The van der Waals surface area contributed by atoms with Crippen LogP contribution in [0.3, 0.4) is 0 Å². The topological polar surface area (TPSA) is 40.5 Å². The normalized spacial score (nSPS) is 15.1. The van der Waals surface area contributed by atoms with Crippen LogP contribution in [-0.2, 0) is 0 Å². The smallest absolute Gasteiger partial charge is 0.0465 e. The van der Waals surface area contributed by atoms with Gasteiger partial charge in [0.1, 0.15) is 0 Å². The summed E-state index contributed by atoms with van der Waals surface area (Å²) >= 11 is 0. The Hall–Kier alpha value is -0.860. The van der Waals surface area contributed by atoms with Crippen LogP contribution < -0.4 is 0 Å². The predicted molar refractivity (Wildman–Crippen MR) is 57.1 cm³/mol. The number of rotatable bonds is 5. The highest BCUT2D eigenvalue weighted by atomic mass is 16.3. The van der Waals surface area contributed by atoms with Crippen LogP contribution in [-0.4, -0.2) is 23.4 Å². The second-order valence-corrected chi connectivity index (χ2v) is 3.65. The number of aliphatic hydroxyl groups is 2. The minimum absolute atomic E-state index is 0.136. The number of hydrogen-bond acceptors (Lipinski definition) is 2. The molecule has 0 aromatic heterocycles. The maximum atomic E-state index is 9.18. The molecule has 0 heterocycles. The van der Waals surface area contributed by atoms with Crippen molar-refractivity contribution in [1.82, 2.24) is 0 Å². The van der Waals surface area contributed by atoms with Gasteiger partial charge in [-0.15, -0.1) is 0 Å². The predicted octanol–water partition coefficient (Wildman–Crippen LogP) is 1.78. The molecule has 0 saturated carbocycles. The van der Waals surface area contributed by atoms with E-state index in [1.807, 2.05) is 18.2 Å². The van der Waals surface area contributed by atoms with E-state index in [9.17, 15) is 5.11 Å². The van der Waals surface area contributed by atoms with Crippen molar-refractivity contribution in [3.63, 3.8) is 0 Å². The summed E-state index contributed by atoms with van der Waals surface area (Å²) in [5.74, 6) is 0.454. The molecule has 2 heteroatoms. The minimum atomic E-state index is 0.136. The molecule has 0 aliphatic rings. The second kappa shape index (κ2) is 5.78. The van der Waals surface area contributed by atoms with E-state index in [1.165, 1.54) is 5.56 Å². The van der Waals surface area contributed by atoms with Crippen molar-refractivity contribution in [1.29, 1.82) is 0 Å². The molecular weight excluding hydrogens is 176 g/mol. The molecule has 2 N–H and O–H groups in total. The number of benzene rings is 1. The molecule has 0 spiro atoms. The summed E-state index contributed by atoms with van der Waals surface area (Å²) in [7, 11) is 0. The molecule has 1 aromatic carbocycles. The Balaban J connectivity index is 2.67. The van der Waals surface area contributed by atoms with Crippen LogP contribution in [0.1, 0.15) is 24.8 Å². The highest BCUT2D eigenvalue weighted by molar-refractivity contribution is 5.19. The lowest BCUT2D eigenvalue weighted by Crippen LogP contribution is -2.15. The summed E-state index contributed by atoms with van der Waals surface area (Å²) in [6, 6.07) is 10.1. The summed E-state index contributed by atoms with van der Waals surface area (Å²) in [6.45, 7) is 2.37. The molecule has 14 heavy (non-hydrogen) atoms. The van der Waals surface area contributed by atoms with Crippen LogP contribution in [0.5, 0.6) is 0 Å². The quantitative estimate of drug-likeness (QED) is 0.750. The number of aliphatic hydroxyl groups excluding tert-OH is 2. The molecule has 0 radical (unpaired) electrons. The van der Waals surface area contributed by atoms with Gasteiger partial charge in [0, 0.05) is 13.2 Å². The molecule has 0 bridgehead atoms. The molecule has 0 fully saturated rings. The van der Waals surface area contributed by atoms with Crippen molar-refractivity contribution in [2.24, 2.45) is 5.92 Å². The van der Waals surface area contributed by atoms with Crippen LogP contribution in [0.4, 0.5) is 0 Å². The van der Waals surface area contributed by atoms with E-state index in [-0.39, 0.29) is 19.1 Å². The van der Waals surface area contributed by atoms with Gasteiger partial charge in [-0.3, -0.25) is 0 Å². The molecular formula is C12H18O2. The number of hydrogen-bond donors (Lipinski definition) is 2. The van der Waals surface area contributed by atoms with Crippen LogP contribution in [0.2, 0.25) is 0 Å². The van der Waals surface area contributed by atoms with Gasteiger partial charge in [-0.25, -0.2) is 0 Å². The Labute approximate surface area is 85.2 Å². The second-order valence-electron chi connectivity index (χ2n) is 3.65. The van der Waals surface area contributed by atoms with Crippen LogP contribution in [0, 0.1) is 5.92 Å². The Bertz CT molecular complexity index is 246. The molecule has 0 saturated heterocycles. The fourth-order valence-electron chi connectivity index (χ4n) is 1.69. The maximum Gasteiger partial charge on any atom is 0.0465 e. The lowest BCUT2D eigenvalue weighted by Gasteiger charge is -2.21. The highest BCUT2D eigenvalue weighted by Crippen LogP contribution is 2.25. The van der Waals surface area contributed by atoms with Gasteiger partial charge in [-0.1, -0.05) is 37.3 Å². The van der Waals surface area contributed by atoms with E-state index < -0.39 is 0 Å². The third-order valence-corrected chi connectivity index (χ3v) is 2.77. The van der Waals surface area contributed by atoms with Gasteiger partial charge < -0.3 is 10.2 Å². The molecule has 2 nitrogen and oxygen atoms in total. The van der Waals surface area contributed by atoms with E-state index in [0.29, 0.717) is 12.3 Å². The summed E-state index contributed by atoms with van der Waals surface area (Å²) in [4.78, 5) is 0. The Morgan fingerprint density at radius 1 is 1.14 bits per heavy atom. The maximum absolute atomic E-state index is 9.18. The Kier molecular flexibility index (Phi) is 4.63. The average molecular weight is 194 g/mol. The zero-order chi connectivity index (χ0) is 10.4. The van der Waals surface area contributed by atoms with E-state index in [1.54, 1.807) is 0 Å². The monoisotopic (exact) mass is 194 g/mol. The van der Waals surface area contributed by atoms with Gasteiger partial charge in [-0.2, -0.15) is 0 Å². The first-order valence-electron chi connectivity index (χ1n) is 5.06. The lowest BCUT2D eigenvalue weighted by atomic mass is 9.86. The van der Waals surface area contributed by atoms with E-state index in [0.717, 1.165) is 0 Å². The molecule has 0 aliphatic heterocycles. The summed E-state index contributed by atoms with van der Waals surface area (Å²) < 4.78 is 0. The Morgan fingerprint density at radius 3 is 2.29 bits per heavy atom. The van der Waals surface area contributed by atoms with Gasteiger partial charge in [0.25, 0.3) is 0 Å². The molecule has 1 aromatic rings. The molecule has 78 valence electrons. The van der Waals surface area contributed by atoms with Crippen molar-refractivity contribution in [2.75, 3.05) is 13.2 Å². The zero-order valence-corrected chi connectivity index (χ0v) is 8.56. The SMILES string of the molecule is CC(c1ccccc1)C(CO)CCO. The van der Waals surface area contributed by atoms with Gasteiger partial charge in [0.2, 0.25) is 0 Å². The largest absolute Gasteiger partial charge is 0.396 e. The zero-order valence-electron chi connectivity index (χ0n) is 8.56.